The van der Waals surface area contributed by atoms with Crippen LogP contribution in [0, 0.1) is 9.49 Å². The second-order valence-electron chi connectivity index (χ2n) is 5.98. The van der Waals surface area contributed by atoms with Gasteiger partial charge in [-0.25, -0.2) is 4.79 Å². The Hall–Kier alpha value is -1.45. The fourth-order valence-corrected chi connectivity index (χ4v) is 3.73. The zero-order valence-corrected chi connectivity index (χ0v) is 15.8. The highest BCUT2D eigenvalue weighted by Gasteiger charge is 2.48. The zero-order valence-electron chi connectivity index (χ0n) is 13.6. The topological polar surface area (TPSA) is 75.7 Å². The number of carboxylic acids is 1. The van der Waals surface area contributed by atoms with Crippen molar-refractivity contribution in [2.75, 3.05) is 7.11 Å². The van der Waals surface area contributed by atoms with Crippen molar-refractivity contribution in [3.05, 3.63) is 27.3 Å². The molecule has 138 valence electrons. The van der Waals surface area contributed by atoms with Gasteiger partial charge in [0.15, 0.2) is 6.10 Å². The molecule has 1 unspecified atom stereocenters. The molecule has 0 bridgehead atoms. The van der Waals surface area contributed by atoms with Crippen LogP contribution in [0.5, 0.6) is 5.75 Å². The number of hydrogen-bond acceptors (Lipinski definition) is 5. The van der Waals surface area contributed by atoms with Crippen molar-refractivity contribution in [3.8, 4) is 5.75 Å². The molecule has 5 nitrogen and oxygen atoms in total. The Morgan fingerprint density at radius 3 is 2.44 bits per heavy atom. The van der Waals surface area contributed by atoms with Crippen molar-refractivity contribution in [2.45, 2.75) is 44.1 Å². The number of halogens is 3. The Labute approximate surface area is 157 Å². The summed E-state index contributed by atoms with van der Waals surface area (Å²) in [7, 11) is 1.47. The highest BCUT2D eigenvalue weighted by molar-refractivity contribution is 14.1. The third kappa shape index (κ3) is 4.59. The molecule has 1 aliphatic rings. The number of carbonyl (C=O) groups is 2. The van der Waals surface area contributed by atoms with Crippen molar-refractivity contribution in [3.63, 3.8) is 0 Å². The summed E-state index contributed by atoms with van der Waals surface area (Å²) in [5.74, 6) is -7.93. The molecule has 1 fully saturated rings. The average molecular weight is 467 g/mol. The maximum atomic E-state index is 14.1. The fraction of sp³-hybridized carbons (Fsp3) is 0.529. The average Bonchev–Trinajstić information content (AvgIpc) is 2.59. The molecule has 1 aromatic rings. The first-order chi connectivity index (χ1) is 11.8. The maximum absolute atomic E-state index is 14.1. The minimum absolute atomic E-state index is 0.0557. The summed E-state index contributed by atoms with van der Waals surface area (Å²) in [5, 5.41) is 10.9. The normalized spacial score (nSPS) is 17.0. The number of rotatable bonds is 6. The first-order valence-corrected chi connectivity index (χ1v) is 8.99. The van der Waals surface area contributed by atoms with Gasteiger partial charge in [-0.05, 0) is 53.6 Å². The van der Waals surface area contributed by atoms with E-state index in [9.17, 15) is 23.5 Å². The molecule has 0 heterocycles. The lowest BCUT2D eigenvalue weighted by Gasteiger charge is -2.35. The van der Waals surface area contributed by atoms with Crippen LogP contribution < -0.4 is 9.84 Å². The number of carboxylic acid groups (broad SMARTS) is 1. The Morgan fingerprint density at radius 2 is 1.92 bits per heavy atom. The van der Waals surface area contributed by atoms with Crippen molar-refractivity contribution in [2.24, 2.45) is 5.92 Å². The predicted molar refractivity (Wildman–Crippen MR) is 91.4 cm³/mol. The molecule has 1 atom stereocenters. The predicted octanol–water partition coefficient (Wildman–Crippen LogP) is 2.79. The molecular formula is C17H18F2IO5-. The smallest absolute Gasteiger partial charge is 0.338 e. The number of aliphatic carboxylic acids is 1. The van der Waals surface area contributed by atoms with Crippen molar-refractivity contribution < 1.29 is 33.0 Å². The number of alkyl halides is 2. The lowest BCUT2D eigenvalue weighted by Crippen LogP contribution is -2.54. The van der Waals surface area contributed by atoms with E-state index in [-0.39, 0.29) is 5.56 Å². The van der Waals surface area contributed by atoms with Crippen molar-refractivity contribution >= 4 is 34.5 Å². The van der Waals surface area contributed by atoms with E-state index in [4.69, 9.17) is 9.47 Å². The fourth-order valence-electron chi connectivity index (χ4n) is 3.00. The number of esters is 1. The summed E-state index contributed by atoms with van der Waals surface area (Å²) in [5.41, 5.74) is 0.0557. The third-order valence-electron chi connectivity index (χ3n) is 4.33. The maximum Gasteiger partial charge on any atom is 0.338 e. The largest absolute Gasteiger partial charge is 0.544 e. The summed E-state index contributed by atoms with van der Waals surface area (Å²) < 4.78 is 38.9. The van der Waals surface area contributed by atoms with E-state index < -0.39 is 29.9 Å². The summed E-state index contributed by atoms with van der Waals surface area (Å²) in [6.45, 7) is 0. The number of carbonyl (C=O) groups excluding carboxylic acids is 2. The van der Waals surface area contributed by atoms with Crippen LogP contribution in [0.15, 0.2) is 18.2 Å². The van der Waals surface area contributed by atoms with E-state index in [1.807, 2.05) is 22.6 Å². The molecule has 0 amide bonds. The minimum atomic E-state index is -4.24. The Balaban J connectivity index is 2.24. The van der Waals surface area contributed by atoms with Crippen LogP contribution in [0.2, 0.25) is 0 Å². The zero-order chi connectivity index (χ0) is 18.6. The summed E-state index contributed by atoms with van der Waals surface area (Å²) >= 11 is 1.94. The second-order valence-corrected chi connectivity index (χ2v) is 7.15. The van der Waals surface area contributed by atoms with Gasteiger partial charge < -0.3 is 19.4 Å². The summed E-state index contributed by atoms with van der Waals surface area (Å²) in [6, 6.07) is 4.35. The summed E-state index contributed by atoms with van der Waals surface area (Å²) in [6.07, 6.45) is 1.03. The molecule has 25 heavy (non-hydrogen) atoms. The molecule has 8 heteroatoms. The molecule has 1 aromatic carbocycles. The molecule has 0 spiro atoms. The molecular weight excluding hydrogens is 449 g/mol. The molecule has 2 rings (SSSR count). The quantitative estimate of drug-likeness (QED) is 0.475. The molecule has 1 saturated carbocycles. The molecule has 1 aliphatic carbocycles. The van der Waals surface area contributed by atoms with Gasteiger partial charge in [-0.2, -0.15) is 8.78 Å². The lowest BCUT2D eigenvalue weighted by atomic mass is 9.83. The number of methoxy groups -OCH3 is 1. The van der Waals surface area contributed by atoms with Gasteiger partial charge in [-0.3, -0.25) is 0 Å². The second kappa shape index (κ2) is 8.29. The van der Waals surface area contributed by atoms with Crippen LogP contribution in [0.3, 0.4) is 0 Å². The van der Waals surface area contributed by atoms with Crippen LogP contribution in [-0.2, 0) is 9.53 Å². The Bertz CT molecular complexity index is 644. The van der Waals surface area contributed by atoms with Gasteiger partial charge in [0.25, 0.3) is 0 Å². The van der Waals surface area contributed by atoms with Crippen molar-refractivity contribution in [1.29, 1.82) is 0 Å². The van der Waals surface area contributed by atoms with E-state index in [1.54, 1.807) is 0 Å². The first-order valence-electron chi connectivity index (χ1n) is 7.91. The van der Waals surface area contributed by atoms with Crippen LogP contribution in [-0.4, -0.2) is 31.1 Å². The van der Waals surface area contributed by atoms with Gasteiger partial charge >= 0.3 is 11.9 Å². The molecule has 0 radical (unpaired) electrons. The molecule has 0 aromatic heterocycles. The van der Waals surface area contributed by atoms with E-state index in [1.165, 1.54) is 25.3 Å². The molecule has 0 saturated heterocycles. The van der Waals surface area contributed by atoms with Crippen LogP contribution in [0.1, 0.15) is 42.5 Å². The number of benzene rings is 1. The molecule has 0 N–H and O–H groups in total. The van der Waals surface area contributed by atoms with E-state index in [2.05, 4.69) is 0 Å². The number of ether oxygens (including phenoxy) is 2. The van der Waals surface area contributed by atoms with Crippen LogP contribution >= 0.6 is 22.6 Å². The third-order valence-corrected chi connectivity index (χ3v) is 5.17. The van der Waals surface area contributed by atoms with Gasteiger partial charge in [0, 0.05) is 5.92 Å². The van der Waals surface area contributed by atoms with Crippen LogP contribution in [0.25, 0.3) is 0 Å². The first kappa shape index (κ1) is 19.9. The van der Waals surface area contributed by atoms with Crippen LogP contribution in [0.4, 0.5) is 8.78 Å². The van der Waals surface area contributed by atoms with Gasteiger partial charge in [-0.15, -0.1) is 0 Å². The molecule has 0 aliphatic heterocycles. The number of hydrogen-bond donors (Lipinski definition) is 0. The highest BCUT2D eigenvalue weighted by Crippen LogP contribution is 2.36. The summed E-state index contributed by atoms with van der Waals surface area (Å²) in [4.78, 5) is 23.2. The van der Waals surface area contributed by atoms with E-state index in [0.717, 1.165) is 6.42 Å². The van der Waals surface area contributed by atoms with Crippen molar-refractivity contribution in [1.82, 2.24) is 0 Å². The van der Waals surface area contributed by atoms with Gasteiger partial charge in [0.2, 0.25) is 0 Å². The van der Waals surface area contributed by atoms with E-state index in [0.29, 0.717) is 35.0 Å². The van der Waals surface area contributed by atoms with Gasteiger partial charge in [0.05, 0.1) is 16.2 Å². The Morgan fingerprint density at radius 1 is 1.28 bits per heavy atom. The SMILES string of the molecule is COc1ccc(C(=O)OC(C2CCCCC2)C(F)(F)C(=O)[O-])cc1I. The van der Waals surface area contributed by atoms with E-state index >= 15 is 0 Å². The Kier molecular flexibility index (Phi) is 6.59. The van der Waals surface area contributed by atoms with Gasteiger partial charge in [-0.1, -0.05) is 19.3 Å². The lowest BCUT2D eigenvalue weighted by molar-refractivity contribution is -0.337. The minimum Gasteiger partial charge on any atom is -0.544 e. The standard InChI is InChI=1S/C17H19F2IO5/c1-24-13-8-7-11(9-12(13)20)15(21)25-14(17(18,19)16(22)23)10-5-3-2-4-6-10/h7-10,14H,2-6H2,1H3,(H,22,23)/p-1. The highest BCUT2D eigenvalue weighted by atomic mass is 127. The van der Waals surface area contributed by atoms with Gasteiger partial charge in [0.1, 0.15) is 11.7 Å². The monoisotopic (exact) mass is 467 g/mol.